The Balaban J connectivity index is 1.29. The van der Waals surface area contributed by atoms with Gasteiger partial charge in [-0.3, -0.25) is 9.59 Å². The number of benzene rings is 5. The summed E-state index contributed by atoms with van der Waals surface area (Å²) in [5.74, 6) is -0.289. The Morgan fingerprint density at radius 1 is 0.510 bits per heavy atom. The van der Waals surface area contributed by atoms with Gasteiger partial charge in [-0.1, -0.05) is 127 Å². The Labute approximate surface area is 286 Å². The van der Waals surface area contributed by atoms with Crippen LogP contribution in [-0.2, 0) is 47.0 Å². The highest BCUT2D eigenvalue weighted by molar-refractivity contribution is 5.91. The van der Waals surface area contributed by atoms with Crippen molar-refractivity contribution in [1.82, 2.24) is 10.6 Å². The van der Waals surface area contributed by atoms with Gasteiger partial charge in [0, 0.05) is 12.8 Å². The molecule has 0 heterocycles. The van der Waals surface area contributed by atoms with Crippen molar-refractivity contribution < 1.29 is 28.6 Å². The molecule has 49 heavy (non-hydrogen) atoms. The highest BCUT2D eigenvalue weighted by Gasteiger charge is 2.27. The molecule has 3 amide bonds. The summed E-state index contributed by atoms with van der Waals surface area (Å²) in [4.78, 5) is 39.1. The third-order valence-corrected chi connectivity index (χ3v) is 7.69. The lowest BCUT2D eigenvalue weighted by Crippen LogP contribution is -2.54. The molecule has 0 unspecified atom stereocenters. The second-order valence-electron chi connectivity index (χ2n) is 11.4. The SMILES string of the molecule is NC(=O)[C@H](Cc1ccc(OCc2ccccc2)c(OCc2ccccc2)c1)NC(=O)[C@@H](Cc1ccccc1)NC(=O)OCc1ccccc1. The zero-order valence-corrected chi connectivity index (χ0v) is 27.0. The van der Waals surface area contributed by atoms with Crippen molar-refractivity contribution in [1.29, 1.82) is 0 Å². The van der Waals surface area contributed by atoms with E-state index in [1.165, 1.54) is 0 Å². The Morgan fingerprint density at radius 3 is 1.51 bits per heavy atom. The standard InChI is InChI=1S/C40H39N3O6/c41-38(44)34(42-39(45)35(23-29-13-5-1-6-14-29)43-40(46)49-28-32-19-11-4-12-20-32)24-33-21-22-36(47-26-30-15-7-2-8-16-30)37(25-33)48-27-31-17-9-3-10-18-31/h1-22,25,34-35H,23-24,26-28H2,(H2,41,44)(H,42,45)(H,43,46)/t34-,35+/m0/s1. The van der Waals surface area contributed by atoms with Gasteiger partial charge in [-0.05, 0) is 39.9 Å². The predicted molar refractivity (Wildman–Crippen MR) is 187 cm³/mol. The quantitative estimate of drug-likeness (QED) is 0.121. The van der Waals surface area contributed by atoms with Gasteiger partial charge in [0.05, 0.1) is 0 Å². The first-order valence-electron chi connectivity index (χ1n) is 16.0. The molecular formula is C40H39N3O6. The van der Waals surface area contributed by atoms with Crippen molar-refractivity contribution in [3.63, 3.8) is 0 Å². The van der Waals surface area contributed by atoms with Gasteiger partial charge in [-0.15, -0.1) is 0 Å². The molecule has 2 atom stereocenters. The van der Waals surface area contributed by atoms with Crippen molar-refractivity contribution in [2.45, 2.75) is 44.7 Å². The fourth-order valence-corrected chi connectivity index (χ4v) is 5.08. The molecule has 0 radical (unpaired) electrons. The number of primary amides is 1. The summed E-state index contributed by atoms with van der Waals surface area (Å²) in [5.41, 5.74) is 10.1. The summed E-state index contributed by atoms with van der Waals surface area (Å²) in [6, 6.07) is 41.2. The molecule has 0 aromatic heterocycles. The van der Waals surface area contributed by atoms with E-state index in [0.717, 1.165) is 22.3 Å². The normalized spacial score (nSPS) is 11.8. The molecule has 0 bridgehead atoms. The van der Waals surface area contributed by atoms with Crippen LogP contribution in [0.25, 0.3) is 0 Å². The van der Waals surface area contributed by atoms with Crippen LogP contribution in [0.4, 0.5) is 4.79 Å². The molecule has 9 heteroatoms. The van der Waals surface area contributed by atoms with E-state index in [1.54, 1.807) is 18.2 Å². The highest BCUT2D eigenvalue weighted by atomic mass is 16.5. The van der Waals surface area contributed by atoms with Crippen molar-refractivity contribution in [2.75, 3.05) is 0 Å². The highest BCUT2D eigenvalue weighted by Crippen LogP contribution is 2.30. The maximum absolute atomic E-state index is 13.6. The molecule has 4 N–H and O–H groups in total. The van der Waals surface area contributed by atoms with Crippen LogP contribution in [0.15, 0.2) is 140 Å². The number of carbonyl (C=O) groups excluding carboxylic acids is 3. The predicted octanol–water partition coefficient (Wildman–Crippen LogP) is 5.89. The minimum atomic E-state index is -1.08. The molecular weight excluding hydrogens is 618 g/mol. The molecule has 9 nitrogen and oxygen atoms in total. The van der Waals surface area contributed by atoms with Crippen molar-refractivity contribution >= 4 is 17.9 Å². The van der Waals surface area contributed by atoms with E-state index in [-0.39, 0.29) is 19.4 Å². The first-order chi connectivity index (χ1) is 23.9. The largest absolute Gasteiger partial charge is 0.485 e. The van der Waals surface area contributed by atoms with Gasteiger partial charge in [0.25, 0.3) is 0 Å². The zero-order chi connectivity index (χ0) is 34.3. The fourth-order valence-electron chi connectivity index (χ4n) is 5.08. The summed E-state index contributed by atoms with van der Waals surface area (Å²) < 4.78 is 17.7. The Hall–Kier alpha value is -6.09. The average Bonchev–Trinajstić information content (AvgIpc) is 3.13. The molecule has 0 aliphatic heterocycles. The number of alkyl carbamates (subject to hydrolysis) is 1. The summed E-state index contributed by atoms with van der Waals surface area (Å²) in [5, 5.41) is 5.41. The van der Waals surface area contributed by atoms with Gasteiger partial charge >= 0.3 is 6.09 Å². The van der Waals surface area contributed by atoms with Crippen LogP contribution in [0.2, 0.25) is 0 Å². The molecule has 0 saturated heterocycles. The second-order valence-corrected chi connectivity index (χ2v) is 11.4. The molecule has 0 fully saturated rings. The maximum Gasteiger partial charge on any atom is 0.408 e. The van der Waals surface area contributed by atoms with Crippen molar-refractivity contribution in [2.24, 2.45) is 5.73 Å². The minimum Gasteiger partial charge on any atom is -0.485 e. The first kappa shape index (κ1) is 34.3. The summed E-state index contributed by atoms with van der Waals surface area (Å²) >= 11 is 0. The van der Waals surface area contributed by atoms with Gasteiger partial charge < -0.3 is 30.6 Å². The topological polar surface area (TPSA) is 129 Å². The maximum atomic E-state index is 13.6. The number of hydrogen-bond acceptors (Lipinski definition) is 6. The smallest absolute Gasteiger partial charge is 0.408 e. The molecule has 250 valence electrons. The molecule has 5 aromatic rings. The van der Waals surface area contributed by atoms with E-state index in [2.05, 4.69) is 10.6 Å². The number of rotatable bonds is 16. The van der Waals surface area contributed by atoms with Crippen LogP contribution in [0.1, 0.15) is 27.8 Å². The number of hydrogen-bond donors (Lipinski definition) is 3. The zero-order valence-electron chi connectivity index (χ0n) is 27.0. The van der Waals surface area contributed by atoms with E-state index in [9.17, 15) is 14.4 Å². The molecule has 5 rings (SSSR count). The first-order valence-corrected chi connectivity index (χ1v) is 16.0. The van der Waals surface area contributed by atoms with Crippen LogP contribution in [0, 0.1) is 0 Å². The average molecular weight is 658 g/mol. The molecule has 0 spiro atoms. The number of nitrogens with one attached hydrogen (secondary N) is 2. The van der Waals surface area contributed by atoms with Crippen LogP contribution >= 0.6 is 0 Å². The number of carbonyl (C=O) groups is 3. The van der Waals surface area contributed by atoms with Crippen LogP contribution in [0.3, 0.4) is 0 Å². The lowest BCUT2D eigenvalue weighted by molar-refractivity contribution is -0.128. The van der Waals surface area contributed by atoms with E-state index in [1.807, 2.05) is 121 Å². The molecule has 0 saturated carbocycles. The van der Waals surface area contributed by atoms with Gasteiger partial charge in [0.2, 0.25) is 11.8 Å². The Kier molecular flexibility index (Phi) is 12.4. The lowest BCUT2D eigenvalue weighted by Gasteiger charge is -2.22. The summed E-state index contributed by atoms with van der Waals surface area (Å²) in [6.45, 7) is 0.677. The van der Waals surface area contributed by atoms with E-state index < -0.39 is 30.0 Å². The molecule has 5 aromatic carbocycles. The Bertz CT molecular complexity index is 1790. The van der Waals surface area contributed by atoms with E-state index in [4.69, 9.17) is 19.9 Å². The van der Waals surface area contributed by atoms with Gasteiger partial charge in [-0.25, -0.2) is 4.79 Å². The lowest BCUT2D eigenvalue weighted by atomic mass is 10.0. The van der Waals surface area contributed by atoms with E-state index >= 15 is 0 Å². The van der Waals surface area contributed by atoms with Crippen LogP contribution in [-0.4, -0.2) is 30.0 Å². The monoisotopic (exact) mass is 657 g/mol. The number of nitrogens with two attached hydrogens (primary N) is 1. The van der Waals surface area contributed by atoms with Gasteiger partial charge in [0.15, 0.2) is 11.5 Å². The number of ether oxygens (including phenoxy) is 3. The fraction of sp³-hybridized carbons (Fsp3) is 0.175. The third-order valence-electron chi connectivity index (χ3n) is 7.69. The summed E-state index contributed by atoms with van der Waals surface area (Å²) in [7, 11) is 0. The Morgan fingerprint density at radius 2 is 0.980 bits per heavy atom. The second kappa shape index (κ2) is 17.7. The van der Waals surface area contributed by atoms with Gasteiger partial charge in [-0.2, -0.15) is 0 Å². The summed E-state index contributed by atoms with van der Waals surface area (Å²) in [6.07, 6.45) is -0.510. The molecule has 0 aliphatic carbocycles. The van der Waals surface area contributed by atoms with Crippen LogP contribution in [0.5, 0.6) is 11.5 Å². The molecule has 0 aliphatic rings. The van der Waals surface area contributed by atoms with E-state index in [0.29, 0.717) is 30.3 Å². The van der Waals surface area contributed by atoms with Crippen molar-refractivity contribution in [3.05, 3.63) is 167 Å². The van der Waals surface area contributed by atoms with Gasteiger partial charge in [0.1, 0.15) is 31.9 Å². The minimum absolute atomic E-state index is 0.0377. The third kappa shape index (κ3) is 11.0. The van der Waals surface area contributed by atoms with Crippen LogP contribution < -0.4 is 25.8 Å². The van der Waals surface area contributed by atoms with Crippen molar-refractivity contribution in [3.8, 4) is 11.5 Å². The number of amides is 3.